The van der Waals surface area contributed by atoms with Crippen molar-refractivity contribution in [2.75, 3.05) is 0 Å². The molecule has 0 fully saturated rings. The third-order valence-corrected chi connectivity index (χ3v) is 3.88. The van der Waals surface area contributed by atoms with E-state index >= 15 is 0 Å². The average molecular weight is 313 g/mol. The predicted octanol–water partition coefficient (Wildman–Crippen LogP) is 2.64. The fourth-order valence-corrected chi connectivity index (χ4v) is 2.26. The van der Waals surface area contributed by atoms with E-state index in [-0.39, 0.29) is 6.04 Å². The van der Waals surface area contributed by atoms with Gasteiger partial charge in [0, 0.05) is 13.6 Å². The number of halogens is 1. The Labute approximate surface area is 115 Å². The molecule has 2 aromatic heterocycles. The highest BCUT2D eigenvalue weighted by molar-refractivity contribution is 9.10. The summed E-state index contributed by atoms with van der Waals surface area (Å²) in [5.74, 6) is 1.54. The van der Waals surface area contributed by atoms with Crippen LogP contribution in [0.4, 0.5) is 0 Å². The summed E-state index contributed by atoms with van der Waals surface area (Å²) < 4.78 is 8.42. The first-order chi connectivity index (χ1) is 8.49. The summed E-state index contributed by atoms with van der Waals surface area (Å²) in [4.78, 5) is 4.21. The van der Waals surface area contributed by atoms with Crippen molar-refractivity contribution >= 4 is 15.9 Å². The highest BCUT2D eigenvalue weighted by Crippen LogP contribution is 2.21. The van der Waals surface area contributed by atoms with Gasteiger partial charge in [-0.3, -0.25) is 4.68 Å². The lowest BCUT2D eigenvalue weighted by Crippen LogP contribution is -2.20. The van der Waals surface area contributed by atoms with E-state index in [1.807, 2.05) is 32.5 Å². The van der Waals surface area contributed by atoms with Gasteiger partial charge in [0.1, 0.15) is 5.76 Å². The third-order valence-electron chi connectivity index (χ3n) is 2.85. The Hall–Kier alpha value is -1.14. The molecule has 0 saturated carbocycles. The van der Waals surface area contributed by atoms with Gasteiger partial charge in [0.15, 0.2) is 0 Å². The number of rotatable bonds is 4. The third kappa shape index (κ3) is 2.64. The highest BCUT2D eigenvalue weighted by Gasteiger charge is 2.14. The van der Waals surface area contributed by atoms with Crippen molar-refractivity contribution in [3.63, 3.8) is 0 Å². The van der Waals surface area contributed by atoms with Crippen LogP contribution in [-0.2, 0) is 13.6 Å². The van der Waals surface area contributed by atoms with Gasteiger partial charge in [0.05, 0.1) is 28.1 Å². The summed E-state index contributed by atoms with van der Waals surface area (Å²) in [6.07, 6.45) is 1.73. The minimum Gasteiger partial charge on any atom is -0.444 e. The standard InChI is InChI=1S/C12H17BrN4O/c1-7-5-15-12(18-7)9(3)14-6-10-11(13)8(2)16-17(10)4/h5,9,14H,6H2,1-4H3. The molecule has 1 atom stereocenters. The van der Waals surface area contributed by atoms with E-state index in [0.717, 1.165) is 21.6 Å². The van der Waals surface area contributed by atoms with E-state index in [2.05, 4.69) is 31.3 Å². The molecule has 0 saturated heterocycles. The lowest BCUT2D eigenvalue weighted by molar-refractivity contribution is 0.399. The molecular formula is C12H17BrN4O. The molecule has 1 unspecified atom stereocenters. The zero-order valence-electron chi connectivity index (χ0n) is 11.0. The number of nitrogens with zero attached hydrogens (tertiary/aromatic N) is 3. The summed E-state index contributed by atoms with van der Waals surface area (Å²) >= 11 is 3.55. The predicted molar refractivity (Wildman–Crippen MR) is 72.1 cm³/mol. The molecule has 2 aromatic rings. The number of aromatic nitrogens is 3. The minimum atomic E-state index is 0.0702. The molecule has 0 aliphatic heterocycles. The molecule has 0 spiro atoms. The second kappa shape index (κ2) is 5.24. The van der Waals surface area contributed by atoms with Gasteiger partial charge in [-0.25, -0.2) is 4.98 Å². The molecule has 2 rings (SSSR count). The second-order valence-electron chi connectivity index (χ2n) is 4.38. The summed E-state index contributed by atoms with van der Waals surface area (Å²) in [5, 5.41) is 7.73. The summed E-state index contributed by atoms with van der Waals surface area (Å²) in [6.45, 7) is 6.61. The van der Waals surface area contributed by atoms with Gasteiger partial charge in [-0.05, 0) is 36.7 Å². The number of oxazole rings is 1. The van der Waals surface area contributed by atoms with Crippen LogP contribution >= 0.6 is 15.9 Å². The molecule has 6 heteroatoms. The fourth-order valence-electron chi connectivity index (χ4n) is 1.78. The molecule has 0 aliphatic carbocycles. The molecule has 0 amide bonds. The van der Waals surface area contributed by atoms with E-state index in [0.29, 0.717) is 12.4 Å². The maximum Gasteiger partial charge on any atom is 0.211 e. The van der Waals surface area contributed by atoms with Crippen molar-refractivity contribution < 1.29 is 4.42 Å². The average Bonchev–Trinajstić information content (AvgIpc) is 2.83. The normalized spacial score (nSPS) is 12.9. The van der Waals surface area contributed by atoms with E-state index in [1.54, 1.807) is 6.20 Å². The molecule has 5 nitrogen and oxygen atoms in total. The number of aryl methyl sites for hydroxylation is 3. The van der Waals surface area contributed by atoms with E-state index < -0.39 is 0 Å². The van der Waals surface area contributed by atoms with Crippen LogP contribution in [-0.4, -0.2) is 14.8 Å². The molecule has 0 radical (unpaired) electrons. The SMILES string of the molecule is Cc1cnc(C(C)NCc2c(Br)c(C)nn2C)o1. The number of nitrogens with one attached hydrogen (secondary N) is 1. The molecule has 98 valence electrons. The molecule has 0 aromatic carbocycles. The van der Waals surface area contributed by atoms with Gasteiger partial charge in [0.25, 0.3) is 0 Å². The van der Waals surface area contributed by atoms with Crippen molar-refractivity contribution in [2.45, 2.75) is 33.4 Å². The topological polar surface area (TPSA) is 55.9 Å². The van der Waals surface area contributed by atoms with Crippen LogP contribution in [0.2, 0.25) is 0 Å². The van der Waals surface area contributed by atoms with Gasteiger partial charge < -0.3 is 9.73 Å². The fraction of sp³-hybridized carbons (Fsp3) is 0.500. The Kier molecular flexibility index (Phi) is 3.87. The maximum absolute atomic E-state index is 5.49. The molecule has 0 aliphatic rings. The first-order valence-electron chi connectivity index (χ1n) is 5.82. The van der Waals surface area contributed by atoms with Crippen molar-refractivity contribution in [1.29, 1.82) is 0 Å². The van der Waals surface area contributed by atoms with Crippen LogP contribution in [0.1, 0.15) is 36.0 Å². The molecule has 1 N–H and O–H groups in total. The zero-order chi connectivity index (χ0) is 13.3. The Morgan fingerprint density at radius 3 is 2.72 bits per heavy atom. The molecular weight excluding hydrogens is 296 g/mol. The van der Waals surface area contributed by atoms with Gasteiger partial charge >= 0.3 is 0 Å². The largest absolute Gasteiger partial charge is 0.444 e. The van der Waals surface area contributed by atoms with Crippen molar-refractivity contribution in [1.82, 2.24) is 20.1 Å². The monoisotopic (exact) mass is 312 g/mol. The maximum atomic E-state index is 5.49. The highest BCUT2D eigenvalue weighted by atomic mass is 79.9. The van der Waals surface area contributed by atoms with Crippen LogP contribution in [0.5, 0.6) is 0 Å². The molecule has 2 heterocycles. The van der Waals surface area contributed by atoms with E-state index in [9.17, 15) is 0 Å². The van der Waals surface area contributed by atoms with Crippen molar-refractivity contribution in [2.24, 2.45) is 7.05 Å². The lowest BCUT2D eigenvalue weighted by Gasteiger charge is -2.10. The van der Waals surface area contributed by atoms with Gasteiger partial charge in [0.2, 0.25) is 5.89 Å². The van der Waals surface area contributed by atoms with Crippen molar-refractivity contribution in [3.8, 4) is 0 Å². The van der Waals surface area contributed by atoms with Gasteiger partial charge in [-0.2, -0.15) is 5.10 Å². The quantitative estimate of drug-likeness (QED) is 0.943. The van der Waals surface area contributed by atoms with Crippen molar-refractivity contribution in [3.05, 3.63) is 33.7 Å². The van der Waals surface area contributed by atoms with E-state index in [1.165, 1.54) is 0 Å². The first kappa shape index (κ1) is 13.3. The Balaban J connectivity index is 2.03. The Bertz CT molecular complexity index is 546. The van der Waals surface area contributed by atoms with Gasteiger partial charge in [-0.15, -0.1) is 0 Å². The molecule has 18 heavy (non-hydrogen) atoms. The van der Waals surface area contributed by atoms with Crippen LogP contribution in [0, 0.1) is 13.8 Å². The van der Waals surface area contributed by atoms with E-state index in [4.69, 9.17) is 4.42 Å². The Morgan fingerprint density at radius 1 is 1.50 bits per heavy atom. The zero-order valence-corrected chi connectivity index (χ0v) is 12.6. The second-order valence-corrected chi connectivity index (χ2v) is 5.17. The first-order valence-corrected chi connectivity index (χ1v) is 6.62. The van der Waals surface area contributed by atoms with Crippen LogP contribution in [0.15, 0.2) is 15.1 Å². The summed E-state index contributed by atoms with van der Waals surface area (Å²) in [6, 6.07) is 0.0702. The van der Waals surface area contributed by atoms with Gasteiger partial charge in [-0.1, -0.05) is 0 Å². The summed E-state index contributed by atoms with van der Waals surface area (Å²) in [5.41, 5.74) is 2.11. The molecule has 0 bridgehead atoms. The smallest absolute Gasteiger partial charge is 0.211 e. The summed E-state index contributed by atoms with van der Waals surface area (Å²) in [7, 11) is 1.94. The lowest BCUT2D eigenvalue weighted by atomic mass is 10.3. The van der Waals surface area contributed by atoms with Crippen LogP contribution in [0.25, 0.3) is 0 Å². The Morgan fingerprint density at radius 2 is 2.22 bits per heavy atom. The van der Waals surface area contributed by atoms with Crippen LogP contribution < -0.4 is 5.32 Å². The minimum absolute atomic E-state index is 0.0702. The number of hydrogen-bond acceptors (Lipinski definition) is 4. The van der Waals surface area contributed by atoms with Crippen LogP contribution in [0.3, 0.4) is 0 Å². The number of hydrogen-bond donors (Lipinski definition) is 1.